The molecule has 1 aliphatic rings. The number of pyridine rings is 2. The number of likely N-dealkylation sites (tertiary alicyclic amines) is 1. The van der Waals surface area contributed by atoms with Gasteiger partial charge in [-0.05, 0) is 43.0 Å². The Labute approximate surface area is 140 Å². The molecule has 0 radical (unpaired) electrons. The van der Waals surface area contributed by atoms with Crippen molar-refractivity contribution in [3.05, 3.63) is 60.2 Å². The molecule has 0 spiro atoms. The highest BCUT2D eigenvalue weighted by Gasteiger charge is 2.23. The van der Waals surface area contributed by atoms with Crippen molar-refractivity contribution in [1.82, 2.24) is 20.2 Å². The minimum absolute atomic E-state index is 0.0512. The summed E-state index contributed by atoms with van der Waals surface area (Å²) >= 11 is 0. The van der Waals surface area contributed by atoms with Crippen LogP contribution in [-0.4, -0.2) is 46.3 Å². The average molecular weight is 324 g/mol. The number of nitrogens with one attached hydrogen (secondary N) is 1. The van der Waals surface area contributed by atoms with Crippen LogP contribution in [0.2, 0.25) is 0 Å². The number of hydrogen-bond donors (Lipinski definition) is 1. The van der Waals surface area contributed by atoms with Crippen molar-refractivity contribution in [3.8, 4) is 0 Å². The molecule has 1 saturated heterocycles. The van der Waals surface area contributed by atoms with Crippen molar-refractivity contribution in [3.63, 3.8) is 0 Å². The summed E-state index contributed by atoms with van der Waals surface area (Å²) in [5, 5.41) is 2.95. The monoisotopic (exact) mass is 324 g/mol. The molecule has 2 aromatic rings. The van der Waals surface area contributed by atoms with Gasteiger partial charge in [0.15, 0.2) is 0 Å². The first-order chi connectivity index (χ1) is 11.7. The summed E-state index contributed by atoms with van der Waals surface area (Å²) in [6, 6.07) is 6.97. The highest BCUT2D eigenvalue weighted by Crippen LogP contribution is 2.18. The van der Waals surface area contributed by atoms with Gasteiger partial charge in [-0.1, -0.05) is 0 Å². The molecule has 0 bridgehead atoms. The number of nitrogens with zero attached hydrogens (tertiary/aromatic N) is 3. The highest BCUT2D eigenvalue weighted by molar-refractivity contribution is 5.94. The Morgan fingerprint density at radius 3 is 2.46 bits per heavy atom. The molecule has 1 fully saturated rings. The van der Waals surface area contributed by atoms with Gasteiger partial charge in [0.1, 0.15) is 0 Å². The third-order valence-electron chi connectivity index (χ3n) is 4.30. The van der Waals surface area contributed by atoms with E-state index in [0.29, 0.717) is 36.7 Å². The standard InChI is InChI=1S/C18H20N4O2/c23-17(16-2-1-7-20-13-16)21-12-14-5-10-22(11-6-14)18(24)15-3-8-19-9-4-15/h1-4,7-9,13-14H,5-6,10-12H2,(H,21,23). The highest BCUT2D eigenvalue weighted by atomic mass is 16.2. The van der Waals surface area contributed by atoms with E-state index in [0.717, 1.165) is 12.8 Å². The Bertz CT molecular complexity index is 683. The molecule has 2 aromatic heterocycles. The van der Waals surface area contributed by atoms with E-state index in [-0.39, 0.29) is 11.8 Å². The molecule has 1 aliphatic heterocycles. The Morgan fingerprint density at radius 2 is 1.79 bits per heavy atom. The molecule has 124 valence electrons. The first-order valence-corrected chi connectivity index (χ1v) is 8.11. The van der Waals surface area contributed by atoms with Crippen LogP contribution in [-0.2, 0) is 0 Å². The Balaban J connectivity index is 1.46. The molecular weight excluding hydrogens is 304 g/mol. The van der Waals surface area contributed by atoms with Gasteiger partial charge in [0.05, 0.1) is 5.56 Å². The summed E-state index contributed by atoms with van der Waals surface area (Å²) in [6.07, 6.45) is 8.26. The first kappa shape index (κ1) is 16.1. The molecule has 1 N–H and O–H groups in total. The van der Waals surface area contributed by atoms with Gasteiger partial charge in [0.25, 0.3) is 11.8 Å². The van der Waals surface area contributed by atoms with Crippen LogP contribution in [0.5, 0.6) is 0 Å². The summed E-state index contributed by atoms with van der Waals surface area (Å²) in [6.45, 7) is 2.06. The second kappa shape index (κ2) is 7.68. The quantitative estimate of drug-likeness (QED) is 0.930. The predicted octanol–water partition coefficient (Wildman–Crippen LogP) is 1.76. The van der Waals surface area contributed by atoms with Gasteiger partial charge >= 0.3 is 0 Å². The van der Waals surface area contributed by atoms with Crippen LogP contribution in [0.25, 0.3) is 0 Å². The van der Waals surface area contributed by atoms with Gasteiger partial charge in [0.2, 0.25) is 0 Å². The lowest BCUT2D eigenvalue weighted by Crippen LogP contribution is -2.41. The van der Waals surface area contributed by atoms with Gasteiger partial charge in [-0.25, -0.2) is 0 Å². The van der Waals surface area contributed by atoms with E-state index in [9.17, 15) is 9.59 Å². The van der Waals surface area contributed by atoms with E-state index in [1.807, 2.05) is 4.90 Å². The second-order valence-electron chi connectivity index (χ2n) is 5.92. The molecule has 2 amide bonds. The second-order valence-corrected chi connectivity index (χ2v) is 5.92. The van der Waals surface area contributed by atoms with Crippen LogP contribution in [0, 0.1) is 5.92 Å². The fourth-order valence-corrected chi connectivity index (χ4v) is 2.85. The fraction of sp³-hybridized carbons (Fsp3) is 0.333. The molecule has 6 heteroatoms. The van der Waals surface area contributed by atoms with E-state index in [1.54, 1.807) is 49.1 Å². The van der Waals surface area contributed by atoms with Crippen molar-refractivity contribution in [2.45, 2.75) is 12.8 Å². The van der Waals surface area contributed by atoms with Crippen LogP contribution in [0.1, 0.15) is 33.6 Å². The van der Waals surface area contributed by atoms with E-state index < -0.39 is 0 Å². The van der Waals surface area contributed by atoms with Crippen molar-refractivity contribution in [1.29, 1.82) is 0 Å². The van der Waals surface area contributed by atoms with E-state index in [2.05, 4.69) is 15.3 Å². The third kappa shape index (κ3) is 3.95. The van der Waals surface area contributed by atoms with Crippen molar-refractivity contribution in [2.75, 3.05) is 19.6 Å². The van der Waals surface area contributed by atoms with Crippen LogP contribution >= 0.6 is 0 Å². The molecule has 0 atom stereocenters. The Morgan fingerprint density at radius 1 is 1.04 bits per heavy atom. The number of aromatic nitrogens is 2. The zero-order valence-electron chi connectivity index (χ0n) is 13.4. The van der Waals surface area contributed by atoms with Gasteiger partial charge in [-0.2, -0.15) is 0 Å². The summed E-state index contributed by atoms with van der Waals surface area (Å²) in [4.78, 5) is 34.2. The molecule has 3 rings (SSSR count). The summed E-state index contributed by atoms with van der Waals surface area (Å²) in [5.74, 6) is 0.348. The van der Waals surface area contributed by atoms with Crippen molar-refractivity contribution in [2.24, 2.45) is 5.92 Å². The maximum Gasteiger partial charge on any atom is 0.253 e. The average Bonchev–Trinajstić information content (AvgIpc) is 2.67. The van der Waals surface area contributed by atoms with Crippen molar-refractivity contribution >= 4 is 11.8 Å². The Kier molecular flexibility index (Phi) is 5.15. The molecule has 0 unspecified atom stereocenters. The zero-order chi connectivity index (χ0) is 16.8. The molecule has 0 saturated carbocycles. The predicted molar refractivity (Wildman–Crippen MR) is 89.4 cm³/mol. The maximum atomic E-state index is 12.4. The van der Waals surface area contributed by atoms with Gasteiger partial charge < -0.3 is 10.2 Å². The summed E-state index contributed by atoms with van der Waals surface area (Å²) in [5.41, 5.74) is 1.25. The number of carbonyl (C=O) groups is 2. The van der Waals surface area contributed by atoms with Crippen LogP contribution < -0.4 is 5.32 Å². The molecule has 0 aromatic carbocycles. The fourth-order valence-electron chi connectivity index (χ4n) is 2.85. The number of piperidine rings is 1. The first-order valence-electron chi connectivity index (χ1n) is 8.11. The molecule has 6 nitrogen and oxygen atoms in total. The topological polar surface area (TPSA) is 75.2 Å². The normalized spacial score (nSPS) is 15.1. The lowest BCUT2D eigenvalue weighted by Gasteiger charge is -2.32. The zero-order valence-corrected chi connectivity index (χ0v) is 13.4. The largest absolute Gasteiger partial charge is 0.352 e. The third-order valence-corrected chi connectivity index (χ3v) is 4.30. The minimum Gasteiger partial charge on any atom is -0.352 e. The van der Waals surface area contributed by atoms with E-state index in [4.69, 9.17) is 0 Å². The molecule has 24 heavy (non-hydrogen) atoms. The van der Waals surface area contributed by atoms with Crippen LogP contribution in [0.3, 0.4) is 0 Å². The lowest BCUT2D eigenvalue weighted by atomic mass is 9.96. The van der Waals surface area contributed by atoms with Crippen LogP contribution in [0.4, 0.5) is 0 Å². The summed E-state index contributed by atoms with van der Waals surface area (Å²) < 4.78 is 0. The smallest absolute Gasteiger partial charge is 0.253 e. The number of amides is 2. The van der Waals surface area contributed by atoms with Crippen molar-refractivity contribution < 1.29 is 9.59 Å². The minimum atomic E-state index is -0.0987. The lowest BCUT2D eigenvalue weighted by molar-refractivity contribution is 0.0684. The molecule has 0 aliphatic carbocycles. The van der Waals surface area contributed by atoms with Gasteiger partial charge in [0, 0.05) is 50.0 Å². The number of hydrogen-bond acceptors (Lipinski definition) is 4. The van der Waals surface area contributed by atoms with Gasteiger partial charge in [-0.15, -0.1) is 0 Å². The maximum absolute atomic E-state index is 12.4. The molecule has 3 heterocycles. The number of carbonyl (C=O) groups excluding carboxylic acids is 2. The van der Waals surface area contributed by atoms with Crippen LogP contribution in [0.15, 0.2) is 49.1 Å². The molecular formula is C18H20N4O2. The van der Waals surface area contributed by atoms with E-state index >= 15 is 0 Å². The summed E-state index contributed by atoms with van der Waals surface area (Å²) in [7, 11) is 0. The van der Waals surface area contributed by atoms with E-state index in [1.165, 1.54) is 0 Å². The Hall–Kier alpha value is -2.76. The SMILES string of the molecule is O=C(NCC1CCN(C(=O)c2ccncc2)CC1)c1cccnc1. The van der Waals surface area contributed by atoms with Gasteiger partial charge in [-0.3, -0.25) is 19.6 Å². The number of rotatable bonds is 4.